The number of carbonyl (C=O) groups excluding carboxylic acids is 2. The number of likely N-dealkylation sites (tertiary alicyclic amines) is 1. The third-order valence-corrected chi connectivity index (χ3v) is 5.33. The zero-order valence-corrected chi connectivity index (χ0v) is 15.7. The topological polar surface area (TPSA) is 75.4 Å². The fourth-order valence-electron chi connectivity index (χ4n) is 3.19. The summed E-state index contributed by atoms with van der Waals surface area (Å²) in [5.74, 6) is 0.184. The van der Waals surface area contributed by atoms with Crippen molar-refractivity contribution in [3.05, 3.63) is 58.8 Å². The molecule has 0 radical (unpaired) electrons. The molecule has 1 N–H and O–H groups in total. The second-order valence-corrected chi connectivity index (χ2v) is 7.64. The molecule has 1 aliphatic heterocycles. The van der Waals surface area contributed by atoms with Gasteiger partial charge < -0.3 is 14.6 Å². The summed E-state index contributed by atoms with van der Waals surface area (Å²) in [5.41, 5.74) is 2.56. The summed E-state index contributed by atoms with van der Waals surface area (Å²) < 4.78 is 5.29. The maximum Gasteiger partial charge on any atom is 0.229 e. The molecule has 0 unspecified atom stereocenters. The van der Waals surface area contributed by atoms with Crippen LogP contribution in [0.2, 0.25) is 0 Å². The Bertz CT molecular complexity index is 965. The van der Waals surface area contributed by atoms with Gasteiger partial charge in [-0.05, 0) is 31.2 Å². The van der Waals surface area contributed by atoms with Crippen molar-refractivity contribution >= 4 is 28.8 Å². The van der Waals surface area contributed by atoms with Gasteiger partial charge in [-0.1, -0.05) is 12.1 Å². The Hall–Kier alpha value is -2.93. The maximum absolute atomic E-state index is 12.6. The van der Waals surface area contributed by atoms with E-state index >= 15 is 0 Å². The Morgan fingerprint density at radius 2 is 2.26 bits per heavy atom. The van der Waals surface area contributed by atoms with E-state index in [0.29, 0.717) is 18.8 Å². The highest BCUT2D eigenvalue weighted by atomic mass is 32.1. The quantitative estimate of drug-likeness (QED) is 0.731. The molecule has 1 fully saturated rings. The zero-order chi connectivity index (χ0) is 18.8. The van der Waals surface area contributed by atoms with Crippen LogP contribution in [0.15, 0.2) is 52.5 Å². The highest BCUT2D eigenvalue weighted by molar-refractivity contribution is 7.09. The van der Waals surface area contributed by atoms with Crippen LogP contribution in [0.3, 0.4) is 0 Å². The Morgan fingerprint density at radius 1 is 1.37 bits per heavy atom. The van der Waals surface area contributed by atoms with Crippen LogP contribution >= 0.6 is 11.3 Å². The minimum atomic E-state index is -0.363. The molecule has 4 rings (SSSR count). The maximum atomic E-state index is 12.6. The van der Waals surface area contributed by atoms with Gasteiger partial charge in [-0.2, -0.15) is 0 Å². The number of nitrogens with zero attached hydrogens (tertiary/aromatic N) is 2. The first-order valence-electron chi connectivity index (χ1n) is 8.72. The van der Waals surface area contributed by atoms with Crippen molar-refractivity contribution in [3.8, 4) is 11.3 Å². The Kier molecular flexibility index (Phi) is 4.77. The van der Waals surface area contributed by atoms with Crippen molar-refractivity contribution in [2.75, 3.05) is 11.9 Å². The Balaban J connectivity index is 1.41. The SMILES string of the molecule is Cc1nc(-c2cccc(NC(=O)[C@H]3CC(=O)N(Cc4ccco4)C3)c2)cs1. The lowest BCUT2D eigenvalue weighted by Gasteiger charge is -2.15. The summed E-state index contributed by atoms with van der Waals surface area (Å²) in [4.78, 5) is 31.0. The lowest BCUT2D eigenvalue weighted by Crippen LogP contribution is -2.27. The van der Waals surface area contributed by atoms with E-state index in [-0.39, 0.29) is 24.2 Å². The summed E-state index contributed by atoms with van der Waals surface area (Å²) in [6.45, 7) is 2.76. The number of nitrogens with one attached hydrogen (secondary N) is 1. The van der Waals surface area contributed by atoms with Gasteiger partial charge >= 0.3 is 0 Å². The summed E-state index contributed by atoms with van der Waals surface area (Å²) >= 11 is 1.59. The molecular weight excluding hydrogens is 362 g/mol. The van der Waals surface area contributed by atoms with Crippen molar-refractivity contribution in [1.82, 2.24) is 9.88 Å². The fourth-order valence-corrected chi connectivity index (χ4v) is 3.81. The largest absolute Gasteiger partial charge is 0.467 e. The van der Waals surface area contributed by atoms with Crippen LogP contribution in [0.1, 0.15) is 17.2 Å². The lowest BCUT2D eigenvalue weighted by molar-refractivity contribution is -0.128. The van der Waals surface area contributed by atoms with E-state index in [2.05, 4.69) is 10.3 Å². The van der Waals surface area contributed by atoms with Crippen molar-refractivity contribution < 1.29 is 14.0 Å². The van der Waals surface area contributed by atoms with Gasteiger partial charge in [0.1, 0.15) is 5.76 Å². The van der Waals surface area contributed by atoms with E-state index in [9.17, 15) is 9.59 Å². The number of thiazole rings is 1. The molecule has 7 heteroatoms. The van der Waals surface area contributed by atoms with Crippen LogP contribution in [-0.2, 0) is 16.1 Å². The van der Waals surface area contributed by atoms with Crippen molar-refractivity contribution in [1.29, 1.82) is 0 Å². The number of furan rings is 1. The number of benzene rings is 1. The van der Waals surface area contributed by atoms with Gasteiger partial charge in [0.05, 0.1) is 29.4 Å². The molecule has 6 nitrogen and oxygen atoms in total. The average molecular weight is 381 g/mol. The molecule has 138 valence electrons. The van der Waals surface area contributed by atoms with E-state index in [0.717, 1.165) is 22.0 Å². The number of aromatic nitrogens is 1. The van der Waals surface area contributed by atoms with Crippen LogP contribution in [0.4, 0.5) is 5.69 Å². The van der Waals surface area contributed by atoms with Gasteiger partial charge in [0.2, 0.25) is 11.8 Å². The van der Waals surface area contributed by atoms with Gasteiger partial charge in [0, 0.05) is 29.6 Å². The van der Waals surface area contributed by atoms with Crippen molar-refractivity contribution in [2.24, 2.45) is 5.92 Å². The summed E-state index contributed by atoms with van der Waals surface area (Å²) in [5, 5.41) is 5.93. The molecule has 1 saturated heterocycles. The molecule has 0 spiro atoms. The predicted molar refractivity (Wildman–Crippen MR) is 103 cm³/mol. The first-order chi connectivity index (χ1) is 13.1. The molecule has 27 heavy (non-hydrogen) atoms. The molecule has 3 heterocycles. The van der Waals surface area contributed by atoms with Gasteiger partial charge in [-0.15, -0.1) is 11.3 Å². The number of hydrogen-bond donors (Lipinski definition) is 1. The number of rotatable bonds is 5. The average Bonchev–Trinajstić information content (AvgIpc) is 3.38. The predicted octanol–water partition coefficient (Wildman–Crippen LogP) is 3.70. The third kappa shape index (κ3) is 3.93. The number of amides is 2. The molecule has 1 aromatic carbocycles. The molecular formula is C20H19N3O3S. The number of anilines is 1. The van der Waals surface area contributed by atoms with Gasteiger partial charge in [0.15, 0.2) is 0 Å². The first kappa shape index (κ1) is 17.5. The minimum absolute atomic E-state index is 0.0294. The molecule has 2 amide bonds. The van der Waals surface area contributed by atoms with E-state index in [1.165, 1.54) is 0 Å². The zero-order valence-electron chi connectivity index (χ0n) is 14.8. The summed E-state index contributed by atoms with van der Waals surface area (Å²) in [7, 11) is 0. The Morgan fingerprint density at radius 3 is 3.00 bits per heavy atom. The van der Waals surface area contributed by atoms with Crippen molar-refractivity contribution in [2.45, 2.75) is 19.9 Å². The Labute approximate surface area is 160 Å². The molecule has 0 aliphatic carbocycles. The van der Waals surface area contributed by atoms with E-state index in [1.54, 1.807) is 28.6 Å². The lowest BCUT2D eigenvalue weighted by atomic mass is 10.1. The van der Waals surface area contributed by atoms with E-state index in [4.69, 9.17) is 4.42 Å². The van der Waals surface area contributed by atoms with Gasteiger partial charge in [0.25, 0.3) is 0 Å². The van der Waals surface area contributed by atoms with Gasteiger partial charge in [-0.3, -0.25) is 9.59 Å². The second kappa shape index (κ2) is 7.36. The standard InChI is InChI=1S/C20H19N3O3S/c1-13-21-18(12-27-13)14-4-2-5-16(8-14)22-20(25)15-9-19(24)23(10-15)11-17-6-3-7-26-17/h2-8,12,15H,9-11H2,1H3,(H,22,25)/t15-/m0/s1. The molecule has 1 atom stereocenters. The van der Waals surface area contributed by atoms with Gasteiger partial charge in [-0.25, -0.2) is 4.98 Å². The summed E-state index contributed by atoms with van der Waals surface area (Å²) in [6.07, 6.45) is 1.80. The van der Waals surface area contributed by atoms with Crippen LogP contribution in [0.25, 0.3) is 11.3 Å². The normalized spacial score (nSPS) is 16.7. The molecule has 0 bridgehead atoms. The van der Waals surface area contributed by atoms with Crippen LogP contribution in [0.5, 0.6) is 0 Å². The fraction of sp³-hybridized carbons (Fsp3) is 0.250. The summed E-state index contributed by atoms with van der Waals surface area (Å²) in [6, 6.07) is 11.2. The molecule has 1 aliphatic rings. The molecule has 2 aromatic heterocycles. The first-order valence-corrected chi connectivity index (χ1v) is 9.60. The molecule has 3 aromatic rings. The van der Waals surface area contributed by atoms with Crippen molar-refractivity contribution in [3.63, 3.8) is 0 Å². The van der Waals surface area contributed by atoms with Crippen LogP contribution in [-0.4, -0.2) is 28.2 Å². The van der Waals surface area contributed by atoms with E-state index < -0.39 is 0 Å². The molecule has 0 saturated carbocycles. The smallest absolute Gasteiger partial charge is 0.229 e. The number of hydrogen-bond acceptors (Lipinski definition) is 5. The van der Waals surface area contributed by atoms with Crippen LogP contribution < -0.4 is 5.32 Å². The second-order valence-electron chi connectivity index (χ2n) is 6.58. The minimum Gasteiger partial charge on any atom is -0.467 e. The van der Waals surface area contributed by atoms with E-state index in [1.807, 2.05) is 42.6 Å². The highest BCUT2D eigenvalue weighted by Crippen LogP contribution is 2.26. The highest BCUT2D eigenvalue weighted by Gasteiger charge is 2.34. The number of aryl methyl sites for hydroxylation is 1. The monoisotopic (exact) mass is 381 g/mol. The van der Waals surface area contributed by atoms with Crippen LogP contribution in [0, 0.1) is 12.8 Å². The number of carbonyl (C=O) groups is 2. The third-order valence-electron chi connectivity index (χ3n) is 4.56.